The molecule has 4 rings (SSSR count). The molecule has 0 aromatic carbocycles. The third-order valence-corrected chi connectivity index (χ3v) is 5.45. The molecule has 0 bridgehead atoms. The van der Waals surface area contributed by atoms with Gasteiger partial charge in [-0.05, 0) is 18.6 Å². The van der Waals surface area contributed by atoms with Crippen LogP contribution < -0.4 is 5.32 Å². The molecule has 7 heteroatoms. The number of furan rings is 1. The Hall–Kier alpha value is -1.70. The summed E-state index contributed by atoms with van der Waals surface area (Å²) in [5.41, 5.74) is 0. The second kappa shape index (κ2) is 7.04. The predicted molar refractivity (Wildman–Crippen MR) is 89.3 cm³/mol. The zero-order valence-electron chi connectivity index (χ0n) is 13.4. The fourth-order valence-electron chi connectivity index (χ4n) is 3.61. The van der Waals surface area contributed by atoms with E-state index in [2.05, 4.69) is 15.2 Å². The predicted octanol–water partition coefficient (Wildman–Crippen LogP) is 2.03. The van der Waals surface area contributed by atoms with Gasteiger partial charge in [-0.25, -0.2) is 4.98 Å². The second-order valence-corrected chi connectivity index (χ2v) is 7.45. The lowest BCUT2D eigenvalue weighted by Gasteiger charge is -2.17. The van der Waals surface area contributed by atoms with Gasteiger partial charge in [0, 0.05) is 30.6 Å². The molecule has 2 aromatic rings. The standard InChI is InChI=1S/C17H21N3O3S/c21-16(19-8-13-2-1-4-22-13)7-14-6-12-9-20(10-15(12)23-14)11-17-18-3-5-24-17/h1-5,12,14-15H,6-11H2,(H,19,21)/t12-,14-,15+/m0/s1. The highest BCUT2D eigenvalue weighted by Crippen LogP contribution is 2.34. The number of carbonyl (C=O) groups is 1. The lowest BCUT2D eigenvalue weighted by molar-refractivity contribution is -0.124. The largest absolute Gasteiger partial charge is 0.467 e. The van der Waals surface area contributed by atoms with Gasteiger partial charge >= 0.3 is 0 Å². The van der Waals surface area contributed by atoms with Crippen LogP contribution in [0.2, 0.25) is 0 Å². The molecule has 0 spiro atoms. The van der Waals surface area contributed by atoms with E-state index < -0.39 is 0 Å². The lowest BCUT2D eigenvalue weighted by Crippen LogP contribution is -2.29. The molecule has 2 aliphatic rings. The van der Waals surface area contributed by atoms with Crippen molar-refractivity contribution in [3.63, 3.8) is 0 Å². The van der Waals surface area contributed by atoms with Gasteiger partial charge < -0.3 is 14.5 Å². The first-order valence-electron chi connectivity index (χ1n) is 8.31. The van der Waals surface area contributed by atoms with E-state index in [9.17, 15) is 4.79 Å². The smallest absolute Gasteiger partial charge is 0.222 e. The average Bonchev–Trinajstić information content (AvgIpc) is 3.30. The van der Waals surface area contributed by atoms with Crippen LogP contribution in [-0.2, 0) is 22.6 Å². The molecular formula is C17H21N3O3S. The highest BCUT2D eigenvalue weighted by molar-refractivity contribution is 7.09. The number of aromatic nitrogens is 1. The first-order chi connectivity index (χ1) is 11.8. The molecule has 2 saturated heterocycles. The Bertz CT molecular complexity index is 645. The number of likely N-dealkylation sites (tertiary alicyclic amines) is 1. The van der Waals surface area contributed by atoms with Crippen molar-refractivity contribution >= 4 is 17.2 Å². The minimum absolute atomic E-state index is 0.0241. The van der Waals surface area contributed by atoms with Crippen molar-refractivity contribution in [3.8, 4) is 0 Å². The molecule has 2 fully saturated rings. The quantitative estimate of drug-likeness (QED) is 0.866. The van der Waals surface area contributed by atoms with Gasteiger partial charge in [0.15, 0.2) is 0 Å². The van der Waals surface area contributed by atoms with Crippen LogP contribution in [0.3, 0.4) is 0 Å². The number of amides is 1. The third kappa shape index (κ3) is 3.68. The Kier molecular flexibility index (Phi) is 4.64. The number of thiazole rings is 1. The van der Waals surface area contributed by atoms with Gasteiger partial charge in [0.05, 0.1) is 38.0 Å². The minimum atomic E-state index is 0.0241. The molecule has 1 amide bonds. The van der Waals surface area contributed by atoms with Crippen molar-refractivity contribution in [2.75, 3.05) is 13.1 Å². The average molecular weight is 347 g/mol. The summed E-state index contributed by atoms with van der Waals surface area (Å²) in [7, 11) is 0. The number of nitrogens with zero attached hydrogens (tertiary/aromatic N) is 2. The number of rotatable bonds is 6. The first-order valence-corrected chi connectivity index (χ1v) is 9.19. The number of fused-ring (bicyclic) bond motifs is 1. The Labute approximate surface area is 144 Å². The molecule has 2 aliphatic heterocycles. The van der Waals surface area contributed by atoms with E-state index in [-0.39, 0.29) is 18.1 Å². The van der Waals surface area contributed by atoms with Crippen molar-refractivity contribution < 1.29 is 13.9 Å². The maximum atomic E-state index is 12.0. The summed E-state index contributed by atoms with van der Waals surface area (Å²) in [6, 6.07) is 3.67. The van der Waals surface area contributed by atoms with Crippen LogP contribution in [0.15, 0.2) is 34.4 Å². The van der Waals surface area contributed by atoms with Crippen LogP contribution in [0.1, 0.15) is 23.6 Å². The number of carbonyl (C=O) groups excluding carboxylic acids is 1. The summed E-state index contributed by atoms with van der Waals surface area (Å²) in [5.74, 6) is 1.33. The number of ether oxygens (including phenoxy) is 1. The summed E-state index contributed by atoms with van der Waals surface area (Å²) in [5, 5.41) is 6.06. The van der Waals surface area contributed by atoms with Crippen molar-refractivity contribution in [1.82, 2.24) is 15.2 Å². The van der Waals surface area contributed by atoms with Crippen molar-refractivity contribution in [2.45, 2.75) is 38.1 Å². The van der Waals surface area contributed by atoms with Crippen LogP contribution in [-0.4, -0.2) is 41.1 Å². The number of hydrogen-bond donors (Lipinski definition) is 1. The van der Waals surface area contributed by atoms with E-state index in [1.54, 1.807) is 17.6 Å². The van der Waals surface area contributed by atoms with Crippen molar-refractivity contribution in [2.24, 2.45) is 5.92 Å². The van der Waals surface area contributed by atoms with E-state index in [1.165, 1.54) is 0 Å². The molecular weight excluding hydrogens is 326 g/mol. The van der Waals surface area contributed by atoms with Crippen LogP contribution >= 0.6 is 11.3 Å². The van der Waals surface area contributed by atoms with Crippen LogP contribution in [0.5, 0.6) is 0 Å². The minimum Gasteiger partial charge on any atom is -0.467 e. The van der Waals surface area contributed by atoms with Crippen LogP contribution in [0, 0.1) is 5.92 Å². The zero-order valence-corrected chi connectivity index (χ0v) is 14.2. The van der Waals surface area contributed by atoms with Gasteiger partial charge in [0.1, 0.15) is 10.8 Å². The number of hydrogen-bond acceptors (Lipinski definition) is 6. The molecule has 0 aliphatic carbocycles. The van der Waals surface area contributed by atoms with Crippen LogP contribution in [0.25, 0.3) is 0 Å². The summed E-state index contributed by atoms with van der Waals surface area (Å²) in [6.07, 6.45) is 5.16. The molecule has 0 radical (unpaired) electrons. The van der Waals surface area contributed by atoms with E-state index in [0.29, 0.717) is 18.9 Å². The van der Waals surface area contributed by atoms with Crippen molar-refractivity contribution in [3.05, 3.63) is 40.7 Å². The highest BCUT2D eigenvalue weighted by Gasteiger charge is 2.42. The molecule has 128 valence electrons. The SMILES string of the molecule is O=C(C[C@@H]1C[C@H]2CN(Cc3nccs3)C[C@H]2O1)NCc1ccco1. The molecule has 3 atom stereocenters. The van der Waals surface area contributed by atoms with Crippen LogP contribution in [0.4, 0.5) is 0 Å². The molecule has 4 heterocycles. The van der Waals surface area contributed by atoms with Gasteiger partial charge in [-0.2, -0.15) is 0 Å². The first kappa shape index (κ1) is 15.8. The van der Waals surface area contributed by atoms with Gasteiger partial charge in [0.25, 0.3) is 0 Å². The fraction of sp³-hybridized carbons (Fsp3) is 0.529. The van der Waals surface area contributed by atoms with Gasteiger partial charge in [-0.15, -0.1) is 11.3 Å². The summed E-state index contributed by atoms with van der Waals surface area (Å²) in [6.45, 7) is 3.32. The summed E-state index contributed by atoms with van der Waals surface area (Å²) in [4.78, 5) is 18.8. The molecule has 0 unspecified atom stereocenters. The van der Waals surface area contributed by atoms with E-state index in [0.717, 1.165) is 36.8 Å². The lowest BCUT2D eigenvalue weighted by atomic mass is 10.0. The molecule has 24 heavy (non-hydrogen) atoms. The van der Waals surface area contributed by atoms with Crippen molar-refractivity contribution in [1.29, 1.82) is 0 Å². The Morgan fingerprint density at radius 1 is 1.46 bits per heavy atom. The summed E-state index contributed by atoms with van der Waals surface area (Å²) >= 11 is 1.70. The van der Waals surface area contributed by atoms with E-state index >= 15 is 0 Å². The Morgan fingerprint density at radius 3 is 3.17 bits per heavy atom. The van der Waals surface area contributed by atoms with Gasteiger partial charge in [0.2, 0.25) is 5.91 Å². The number of nitrogens with one attached hydrogen (secondary N) is 1. The molecule has 1 N–H and O–H groups in total. The molecule has 6 nitrogen and oxygen atoms in total. The zero-order chi connectivity index (χ0) is 16.4. The molecule has 2 aromatic heterocycles. The fourth-order valence-corrected chi connectivity index (χ4v) is 4.27. The maximum absolute atomic E-state index is 12.0. The Balaban J connectivity index is 1.20. The monoisotopic (exact) mass is 347 g/mol. The maximum Gasteiger partial charge on any atom is 0.222 e. The van der Waals surface area contributed by atoms with E-state index in [4.69, 9.17) is 9.15 Å². The third-order valence-electron chi connectivity index (χ3n) is 4.68. The molecule has 0 saturated carbocycles. The second-order valence-electron chi connectivity index (χ2n) is 6.47. The summed E-state index contributed by atoms with van der Waals surface area (Å²) < 4.78 is 11.3. The highest BCUT2D eigenvalue weighted by atomic mass is 32.1. The van der Waals surface area contributed by atoms with E-state index in [1.807, 2.05) is 23.7 Å². The Morgan fingerprint density at radius 2 is 2.42 bits per heavy atom. The van der Waals surface area contributed by atoms with Gasteiger partial charge in [-0.3, -0.25) is 9.69 Å². The van der Waals surface area contributed by atoms with Gasteiger partial charge in [-0.1, -0.05) is 0 Å². The normalized spacial score (nSPS) is 26.6. The topological polar surface area (TPSA) is 67.6 Å².